The molecule has 1 unspecified atom stereocenters. The van der Waals surface area contributed by atoms with Crippen molar-refractivity contribution in [2.24, 2.45) is 23.1 Å². The van der Waals surface area contributed by atoms with Gasteiger partial charge in [0.1, 0.15) is 84.6 Å². The van der Waals surface area contributed by atoms with Crippen LogP contribution in [0.5, 0.6) is 0 Å². The van der Waals surface area contributed by atoms with Gasteiger partial charge in [-0.3, -0.25) is 91.8 Å². The number of amides is 17. The Hall–Kier alpha value is -12.9. The number of imidazole rings is 1. The number of thioether (sulfide) groups is 1. The zero-order valence-electron chi connectivity index (χ0n) is 77.4. The summed E-state index contributed by atoms with van der Waals surface area (Å²) in [6.07, 6.45) is 3.59. The molecule has 3 aromatic heterocycles. The number of nitrogens with zero attached hydrogens (tertiary/aromatic N) is 6. The minimum atomic E-state index is -1.89. The molecule has 0 saturated carbocycles. The maximum atomic E-state index is 15.8. The van der Waals surface area contributed by atoms with Crippen molar-refractivity contribution in [1.29, 1.82) is 5.41 Å². The van der Waals surface area contributed by atoms with E-state index in [1.165, 1.54) is 45.7 Å². The van der Waals surface area contributed by atoms with Gasteiger partial charge >= 0.3 is 0 Å². The summed E-state index contributed by atoms with van der Waals surface area (Å²) in [5.41, 5.74) is 19.6. The highest BCUT2D eigenvalue weighted by Crippen LogP contribution is 2.38. The molecule has 0 aliphatic carbocycles. The zero-order valence-corrected chi connectivity index (χ0v) is 79.7. The van der Waals surface area contributed by atoms with Gasteiger partial charge < -0.3 is 120 Å². The molecule has 137 heavy (non-hydrogen) atoms. The van der Waals surface area contributed by atoms with Gasteiger partial charge in [-0.2, -0.15) is 0 Å². The first-order valence-electron chi connectivity index (χ1n) is 45.8. The van der Waals surface area contributed by atoms with Gasteiger partial charge in [0.15, 0.2) is 5.96 Å². The Morgan fingerprint density at radius 2 is 1.17 bits per heavy atom. The van der Waals surface area contributed by atoms with Crippen LogP contribution in [0, 0.1) is 11.3 Å². The van der Waals surface area contributed by atoms with Gasteiger partial charge in [0.05, 0.1) is 37.0 Å². The molecule has 2 bridgehead atoms. The number of primary amides is 2. The van der Waals surface area contributed by atoms with E-state index in [4.69, 9.17) is 45.8 Å². The van der Waals surface area contributed by atoms with Gasteiger partial charge in [-0.25, -0.2) is 4.98 Å². The van der Waals surface area contributed by atoms with Gasteiger partial charge in [0.2, 0.25) is 94.5 Å². The van der Waals surface area contributed by atoms with Gasteiger partial charge in [0, 0.05) is 134 Å². The number of nitrogens with one attached hydrogen (secondary N) is 15. The Morgan fingerprint density at radius 1 is 0.599 bits per heavy atom. The number of likely N-dealkylation sites (N-methyl/N-ethyl adjacent to an activating group) is 2. The van der Waals surface area contributed by atoms with Crippen LogP contribution < -0.4 is 80.6 Å². The van der Waals surface area contributed by atoms with E-state index in [0.717, 1.165) is 36.3 Å². The minimum absolute atomic E-state index is 0.00418. The molecule has 3 aromatic carbocycles. The number of hydrogen-bond acceptors (Lipinski definition) is 22. The van der Waals surface area contributed by atoms with Crippen molar-refractivity contribution in [3.05, 3.63) is 118 Å². The molecule has 10 rings (SSSR count). The van der Waals surface area contributed by atoms with Crippen LogP contribution in [0.2, 0.25) is 10.0 Å². The maximum Gasteiger partial charge on any atom is 0.250 e. The highest BCUT2D eigenvalue weighted by Gasteiger charge is 2.48. The number of aliphatic hydroxyl groups excluding tert-OH is 2. The number of aliphatic hydroxyl groups is 2. The Bertz CT molecular complexity index is 5410. The summed E-state index contributed by atoms with van der Waals surface area (Å²) in [4.78, 5) is 270. The number of H-pyrrole nitrogens is 3. The number of benzene rings is 3. The summed E-state index contributed by atoms with van der Waals surface area (Å²) < 4.78 is 0. The molecule has 3 saturated heterocycles. The van der Waals surface area contributed by atoms with Crippen LogP contribution in [0.25, 0.3) is 21.8 Å². The average molecular weight is 1960 g/mol. The van der Waals surface area contributed by atoms with Crippen molar-refractivity contribution in [1.82, 2.24) is 98.0 Å². The summed E-state index contributed by atoms with van der Waals surface area (Å²) in [5.74, 6) is -17.6. The monoisotopic (exact) mass is 1960 g/mol. The molecule has 3 fully saturated rings. The lowest BCUT2D eigenvalue weighted by molar-refractivity contribution is -0.149. The fourth-order valence-corrected chi connectivity index (χ4v) is 18.9. The number of rotatable bonds is 25. The van der Waals surface area contributed by atoms with Crippen LogP contribution in [-0.2, 0) is 107 Å². The highest BCUT2D eigenvalue weighted by molar-refractivity contribution is 8.00. The molecule has 6 aromatic rings. The average Bonchev–Trinajstić information content (AvgIpc) is 1.56. The number of nitrogens with two attached hydrogens (primary N) is 3. The van der Waals surface area contributed by atoms with E-state index in [-0.39, 0.29) is 111 Å². The number of carbonyl (C=O) groups is 17. The van der Waals surface area contributed by atoms with Crippen molar-refractivity contribution in [2.75, 3.05) is 63.3 Å². The van der Waals surface area contributed by atoms with Gasteiger partial charge in [-0.1, -0.05) is 113 Å². The van der Waals surface area contributed by atoms with Crippen molar-refractivity contribution >= 4 is 169 Å². The first-order chi connectivity index (χ1) is 65.3. The maximum absolute atomic E-state index is 15.8. The van der Waals surface area contributed by atoms with Gasteiger partial charge in [0.25, 0.3) is 5.91 Å². The lowest BCUT2D eigenvalue weighted by Gasteiger charge is -2.38. The second-order valence-corrected chi connectivity index (χ2v) is 37.2. The number of halogens is 2. The number of unbranched alkanes of at least 4 members (excludes halogenated alkanes) is 2. The summed E-state index contributed by atoms with van der Waals surface area (Å²) >= 11 is 14.2. The van der Waals surface area contributed by atoms with E-state index in [1.54, 1.807) is 74.8 Å². The molecule has 43 nitrogen and oxygen atoms in total. The molecule has 17 amide bonds. The van der Waals surface area contributed by atoms with Crippen molar-refractivity contribution in [3.63, 3.8) is 0 Å². The van der Waals surface area contributed by atoms with Gasteiger partial charge in [-0.05, 0) is 105 Å². The van der Waals surface area contributed by atoms with Crippen LogP contribution in [0.15, 0.2) is 85.6 Å². The van der Waals surface area contributed by atoms with E-state index < -0.39 is 248 Å². The van der Waals surface area contributed by atoms with Crippen LogP contribution >= 0.6 is 35.0 Å². The Kier molecular flexibility index (Phi) is 38.5. The standard InChI is InChI=1S/C91H124Cl2N24O19S/c1-8-10-23-69-83(129)105-60(22-16-28-99-91(96)97)79(125)112-68(78(124)102-41-75(95)121)44-137-45-76(122)104-66-37-56-57(93)33-51(92)34-72(56)117(89(66)135)48(5)77(123)106-61(26-27-74(94)120)87(133)115-29-17-25-70(115)84(130)108-63(35-52-40-98-46-103-52)81(127)109-64(30-47(3)4)88(134)116-42-53(119)36-73(116)85(131)107-62(31-49-38-100-58-20-14-12-18-54(49)58)80(126)111-67(43-118)82(128)110-65(32-50-39-101-59-21-15-13-19-55(50)59)86(132)114(7)71(24-11-9-2)90(136)113(69)6/h12-15,18-21,33-34,38-40,46-48,53,60-71,73,100-101,118-119H,8-11,16-17,22-32,35-37,41-45H2,1-7H3,(H2,94,120)(H2,95,121)(H,98,103)(H,102,124)(H,104,122)(H,105,129)(H,106,123)(H,107,131)(H,108,130)(H,109,127)(H,110,128)(H,111,126)(H,112,125)(H4,96,97,99)/t48-,53+,60-,61-,62-,63-,64-,65-,66-,67-,68-,69-,70-,71-,73?/m0/s1. The third kappa shape index (κ3) is 28.2. The number of aromatic amines is 3. The second-order valence-electron chi connectivity index (χ2n) is 35.3. The number of anilines is 1. The predicted molar refractivity (Wildman–Crippen MR) is 507 cm³/mol. The molecule has 4 aliphatic heterocycles. The zero-order chi connectivity index (χ0) is 99.8. The molecule has 46 heteroatoms. The molecular formula is C91H124Cl2N24O19S. The van der Waals surface area contributed by atoms with E-state index in [2.05, 4.69) is 78.4 Å². The van der Waals surface area contributed by atoms with Gasteiger partial charge in [-0.15, -0.1) is 11.8 Å². The summed E-state index contributed by atoms with van der Waals surface area (Å²) in [6.45, 7) is 6.07. The fourth-order valence-electron chi connectivity index (χ4n) is 17.5. The normalized spacial score (nSPS) is 24.8. The molecule has 4 aliphatic rings. The van der Waals surface area contributed by atoms with E-state index in [9.17, 15) is 39.0 Å². The fraction of sp³-hybridized carbons (Fsp3) is 0.527. The summed E-state index contributed by atoms with van der Waals surface area (Å²) in [6, 6.07) is -5.00. The topological polar surface area (TPSA) is 641 Å². The van der Waals surface area contributed by atoms with E-state index >= 15 is 52.7 Å². The lowest BCUT2D eigenvalue weighted by atomic mass is 9.95. The SMILES string of the molecule is CCCC[C@H]1C(=O)N(C)[C@@H](CCCC)C(=O)N[C@@H](CCCNC(=N)N)C(=O)N[C@H](C(=O)NCC(N)=O)CSCC(=O)N[C@H]2Cc3c(Cl)cc(Cl)cc3N(C2=O)[C@@H](C)C(=O)N[C@@H](CCC(N)=O)C(=O)N2CCC[C@H]2C(=O)N[C@@H](Cc2cnc[nH]2)C(=O)N[C@@H](CC(C)C)C(=O)N2C[C@H](O)CC2C(=O)N[C@@H](Cc2c[nH]c3ccccc23)C(=O)N[C@@H](CO)C(=O)N[C@@H](Cc2c[nH]c3ccccc23)C(=O)N1C. The third-order valence-corrected chi connectivity index (χ3v) is 26.3. The highest BCUT2D eigenvalue weighted by atomic mass is 35.5. The number of guanidine groups is 1. The summed E-state index contributed by atoms with van der Waals surface area (Å²) in [7, 11) is 2.69. The summed E-state index contributed by atoms with van der Waals surface area (Å²) in [5, 5.41) is 61.2. The largest absolute Gasteiger partial charge is 0.394 e. The van der Waals surface area contributed by atoms with Crippen LogP contribution in [0.1, 0.15) is 147 Å². The van der Waals surface area contributed by atoms with Crippen molar-refractivity contribution < 1.29 is 91.7 Å². The molecule has 23 N–H and O–H groups in total. The quantitative estimate of drug-likeness (QED) is 0.0185. The first kappa shape index (κ1) is 106. The third-order valence-electron chi connectivity index (χ3n) is 24.7. The van der Waals surface area contributed by atoms with Crippen molar-refractivity contribution in [2.45, 2.75) is 241 Å². The van der Waals surface area contributed by atoms with Crippen molar-refractivity contribution in [3.8, 4) is 0 Å². The predicted octanol–water partition coefficient (Wildman–Crippen LogP) is -1.05. The lowest BCUT2D eigenvalue weighted by Crippen LogP contribution is -2.62. The smallest absolute Gasteiger partial charge is 0.250 e. The van der Waals surface area contributed by atoms with Crippen LogP contribution in [0.4, 0.5) is 5.69 Å². The molecule has 15 atom stereocenters. The molecule has 0 spiro atoms. The molecule has 7 heterocycles. The molecule has 742 valence electrons. The van der Waals surface area contributed by atoms with E-state index in [1.807, 2.05) is 13.8 Å². The number of para-hydroxylation sites is 2. The minimum Gasteiger partial charge on any atom is -0.394 e. The number of fused-ring (bicyclic) bond motifs is 8. The second kappa shape index (κ2) is 49.7. The Balaban J connectivity index is 1.03. The number of aromatic nitrogens is 4. The Morgan fingerprint density at radius 3 is 1.78 bits per heavy atom. The van der Waals surface area contributed by atoms with E-state index in [0.29, 0.717) is 64.3 Å². The first-order valence-corrected chi connectivity index (χ1v) is 47.7. The molecule has 0 radical (unpaired) electrons. The molecular weight excluding hydrogens is 1840 g/mol. The Labute approximate surface area is 804 Å². The number of hydrogen-bond donors (Lipinski definition) is 20. The number of carbonyl (C=O) groups excluding carboxylic acids is 17. The van der Waals surface area contributed by atoms with Crippen LogP contribution in [-0.4, -0.2) is 305 Å². The van der Waals surface area contributed by atoms with Crippen LogP contribution in [0.3, 0.4) is 0 Å².